The molecule has 5 nitrogen and oxygen atoms in total. The van der Waals surface area contributed by atoms with Crippen LogP contribution in [0.15, 0.2) is 42.5 Å². The number of carbonyl (C=O) groups is 2. The smallest absolute Gasteiger partial charge is 0.261 e. The Morgan fingerprint density at radius 2 is 1.81 bits per heavy atom. The number of hydrogen-bond acceptors (Lipinski definition) is 3. The first-order chi connectivity index (χ1) is 14.8. The van der Waals surface area contributed by atoms with Gasteiger partial charge in [0.15, 0.2) is 6.61 Å². The van der Waals surface area contributed by atoms with E-state index in [1.54, 1.807) is 17.9 Å². The molecule has 1 atom stereocenters. The molecule has 3 rings (SSSR count). The summed E-state index contributed by atoms with van der Waals surface area (Å²) < 4.78 is 5.79. The van der Waals surface area contributed by atoms with E-state index in [4.69, 9.17) is 16.3 Å². The normalized spacial score (nSPS) is 14.8. The van der Waals surface area contributed by atoms with Crippen molar-refractivity contribution in [3.8, 4) is 5.75 Å². The maximum absolute atomic E-state index is 13.1. The lowest BCUT2D eigenvalue weighted by atomic mass is 10.1. The van der Waals surface area contributed by atoms with Crippen molar-refractivity contribution in [2.75, 3.05) is 6.61 Å². The monoisotopic (exact) mass is 442 g/mol. The molecule has 1 fully saturated rings. The molecular formula is C25H31ClN2O3. The summed E-state index contributed by atoms with van der Waals surface area (Å²) in [7, 11) is 0. The molecule has 0 heterocycles. The summed E-state index contributed by atoms with van der Waals surface area (Å²) in [6.07, 6.45) is 4.26. The SMILES string of the molecule is Cc1cc(C)cc(OCC(=O)N(Cc2cccc(Cl)c2)[C@@H](C)C(=O)NC2CCCC2)c1. The molecule has 1 aliphatic carbocycles. The van der Waals surface area contributed by atoms with Crippen molar-refractivity contribution in [1.82, 2.24) is 10.2 Å². The van der Waals surface area contributed by atoms with Crippen molar-refractivity contribution in [3.63, 3.8) is 0 Å². The van der Waals surface area contributed by atoms with Crippen LogP contribution in [0.25, 0.3) is 0 Å². The second-order valence-electron chi connectivity index (χ2n) is 8.43. The molecule has 0 bridgehead atoms. The van der Waals surface area contributed by atoms with Crippen molar-refractivity contribution in [2.24, 2.45) is 0 Å². The molecule has 31 heavy (non-hydrogen) atoms. The van der Waals surface area contributed by atoms with Crippen LogP contribution in [0.2, 0.25) is 5.02 Å². The van der Waals surface area contributed by atoms with E-state index in [2.05, 4.69) is 11.4 Å². The summed E-state index contributed by atoms with van der Waals surface area (Å²) in [4.78, 5) is 27.6. The molecule has 1 saturated carbocycles. The Hall–Kier alpha value is -2.53. The van der Waals surface area contributed by atoms with Crippen LogP contribution >= 0.6 is 11.6 Å². The molecule has 2 aromatic carbocycles. The summed E-state index contributed by atoms with van der Waals surface area (Å²) in [5.74, 6) is 0.276. The fraction of sp³-hybridized carbons (Fsp3) is 0.440. The molecule has 6 heteroatoms. The highest BCUT2D eigenvalue weighted by molar-refractivity contribution is 6.30. The van der Waals surface area contributed by atoms with Gasteiger partial charge >= 0.3 is 0 Å². The van der Waals surface area contributed by atoms with Crippen LogP contribution in [-0.2, 0) is 16.1 Å². The van der Waals surface area contributed by atoms with Crippen LogP contribution in [0.5, 0.6) is 5.75 Å². The summed E-state index contributed by atoms with van der Waals surface area (Å²) >= 11 is 6.13. The van der Waals surface area contributed by atoms with E-state index in [-0.39, 0.29) is 31.0 Å². The molecule has 0 radical (unpaired) electrons. The van der Waals surface area contributed by atoms with Gasteiger partial charge in [0.1, 0.15) is 11.8 Å². The lowest BCUT2D eigenvalue weighted by Gasteiger charge is -2.29. The molecule has 2 aromatic rings. The Morgan fingerprint density at radius 1 is 1.13 bits per heavy atom. The molecule has 1 N–H and O–H groups in total. The molecular weight excluding hydrogens is 412 g/mol. The lowest BCUT2D eigenvalue weighted by molar-refractivity contribution is -0.142. The second kappa shape index (κ2) is 10.7. The predicted octanol–water partition coefficient (Wildman–Crippen LogP) is 4.81. The fourth-order valence-corrected chi connectivity index (χ4v) is 4.26. The summed E-state index contributed by atoms with van der Waals surface area (Å²) in [6.45, 7) is 5.90. The predicted molar refractivity (Wildman–Crippen MR) is 123 cm³/mol. The molecule has 0 aromatic heterocycles. The van der Waals surface area contributed by atoms with Crippen molar-refractivity contribution >= 4 is 23.4 Å². The third kappa shape index (κ3) is 6.73. The summed E-state index contributed by atoms with van der Waals surface area (Å²) in [6, 6.07) is 12.8. The number of aryl methyl sites for hydroxylation is 2. The van der Waals surface area contributed by atoms with Gasteiger partial charge in [-0.1, -0.05) is 42.6 Å². The topological polar surface area (TPSA) is 58.6 Å². The number of amides is 2. The van der Waals surface area contributed by atoms with Crippen LogP contribution in [-0.4, -0.2) is 35.4 Å². The highest BCUT2D eigenvalue weighted by atomic mass is 35.5. The number of benzene rings is 2. The van der Waals surface area contributed by atoms with E-state index < -0.39 is 6.04 Å². The van der Waals surface area contributed by atoms with Gasteiger partial charge in [0.2, 0.25) is 5.91 Å². The minimum absolute atomic E-state index is 0.131. The highest BCUT2D eigenvalue weighted by Crippen LogP contribution is 2.20. The third-order valence-electron chi connectivity index (χ3n) is 5.67. The first kappa shape index (κ1) is 23.1. The quantitative estimate of drug-likeness (QED) is 0.638. The Morgan fingerprint density at radius 3 is 2.45 bits per heavy atom. The lowest BCUT2D eigenvalue weighted by Crippen LogP contribution is -2.50. The average molecular weight is 443 g/mol. The van der Waals surface area contributed by atoms with Crippen molar-refractivity contribution in [3.05, 3.63) is 64.2 Å². The number of ether oxygens (including phenoxy) is 1. The van der Waals surface area contributed by atoms with E-state index in [0.717, 1.165) is 42.4 Å². The van der Waals surface area contributed by atoms with Crippen LogP contribution < -0.4 is 10.1 Å². The Bertz CT molecular complexity index is 904. The molecule has 1 aliphatic rings. The number of carbonyl (C=O) groups excluding carboxylic acids is 2. The van der Waals surface area contributed by atoms with Crippen LogP contribution in [0.3, 0.4) is 0 Å². The van der Waals surface area contributed by atoms with Crippen molar-refractivity contribution < 1.29 is 14.3 Å². The van der Waals surface area contributed by atoms with Crippen LogP contribution in [0, 0.1) is 13.8 Å². The van der Waals surface area contributed by atoms with Gasteiger partial charge in [-0.3, -0.25) is 9.59 Å². The highest BCUT2D eigenvalue weighted by Gasteiger charge is 2.28. The Kier molecular flexibility index (Phi) is 7.97. The van der Waals surface area contributed by atoms with Crippen molar-refractivity contribution in [2.45, 2.75) is 65.1 Å². The second-order valence-corrected chi connectivity index (χ2v) is 8.87. The van der Waals surface area contributed by atoms with E-state index >= 15 is 0 Å². The van der Waals surface area contributed by atoms with Gasteiger partial charge in [-0.05, 0) is 74.6 Å². The summed E-state index contributed by atoms with van der Waals surface area (Å²) in [5, 5.41) is 3.70. The largest absolute Gasteiger partial charge is 0.484 e. The van der Waals surface area contributed by atoms with Gasteiger partial charge in [-0.15, -0.1) is 0 Å². The number of nitrogens with one attached hydrogen (secondary N) is 1. The van der Waals surface area contributed by atoms with Crippen molar-refractivity contribution in [1.29, 1.82) is 0 Å². The van der Waals surface area contributed by atoms with E-state index in [0.29, 0.717) is 10.8 Å². The minimum Gasteiger partial charge on any atom is -0.484 e. The van der Waals surface area contributed by atoms with Gasteiger partial charge in [0, 0.05) is 17.6 Å². The van der Waals surface area contributed by atoms with Gasteiger partial charge in [0.05, 0.1) is 0 Å². The first-order valence-electron chi connectivity index (χ1n) is 10.9. The van der Waals surface area contributed by atoms with Gasteiger partial charge in [-0.25, -0.2) is 0 Å². The molecule has 0 saturated heterocycles. The van der Waals surface area contributed by atoms with E-state index in [1.807, 2.05) is 44.2 Å². The maximum Gasteiger partial charge on any atom is 0.261 e. The minimum atomic E-state index is -0.616. The van der Waals surface area contributed by atoms with Gasteiger partial charge in [0.25, 0.3) is 5.91 Å². The Balaban J connectivity index is 1.73. The molecule has 0 spiro atoms. The van der Waals surface area contributed by atoms with Crippen LogP contribution in [0.4, 0.5) is 0 Å². The fourth-order valence-electron chi connectivity index (χ4n) is 4.05. The average Bonchev–Trinajstić information content (AvgIpc) is 3.22. The molecule has 2 amide bonds. The Labute approximate surface area is 189 Å². The standard InChI is InChI=1S/C25H31ClN2O3/c1-17-11-18(2)13-23(12-17)31-16-24(29)28(15-20-7-6-8-21(26)14-20)19(3)25(30)27-22-9-4-5-10-22/h6-8,11-14,19,22H,4-5,9-10,15-16H2,1-3H3,(H,27,30)/t19-/m0/s1. The van der Waals surface area contributed by atoms with E-state index in [1.165, 1.54) is 0 Å². The first-order valence-corrected chi connectivity index (χ1v) is 11.2. The number of halogens is 1. The molecule has 166 valence electrons. The number of rotatable bonds is 8. The van der Waals surface area contributed by atoms with E-state index in [9.17, 15) is 9.59 Å². The van der Waals surface area contributed by atoms with Gasteiger partial charge < -0.3 is 15.0 Å². The zero-order chi connectivity index (χ0) is 22.4. The maximum atomic E-state index is 13.1. The molecule has 0 unspecified atom stereocenters. The molecule has 0 aliphatic heterocycles. The zero-order valence-electron chi connectivity index (χ0n) is 18.5. The third-order valence-corrected chi connectivity index (χ3v) is 5.90. The zero-order valence-corrected chi connectivity index (χ0v) is 19.2. The van der Waals surface area contributed by atoms with Crippen LogP contribution in [0.1, 0.15) is 49.3 Å². The number of hydrogen-bond donors (Lipinski definition) is 1. The van der Waals surface area contributed by atoms with Gasteiger partial charge in [-0.2, -0.15) is 0 Å². The summed E-state index contributed by atoms with van der Waals surface area (Å²) in [5.41, 5.74) is 3.01. The number of nitrogens with zero attached hydrogens (tertiary/aromatic N) is 1.